The summed E-state index contributed by atoms with van der Waals surface area (Å²) in [6.45, 7) is 2.23. The van der Waals surface area contributed by atoms with Crippen LogP contribution in [0.3, 0.4) is 0 Å². The van der Waals surface area contributed by atoms with Crippen molar-refractivity contribution in [3.05, 3.63) is 35.5 Å². The van der Waals surface area contributed by atoms with E-state index >= 15 is 0 Å². The third-order valence-electron chi connectivity index (χ3n) is 4.46. The predicted molar refractivity (Wildman–Crippen MR) is 89.3 cm³/mol. The van der Waals surface area contributed by atoms with Gasteiger partial charge in [-0.1, -0.05) is 12.1 Å². The molecule has 1 aromatic carbocycles. The molecule has 0 saturated carbocycles. The maximum atomic E-state index is 12.9. The van der Waals surface area contributed by atoms with Crippen molar-refractivity contribution in [2.75, 3.05) is 40.5 Å². The Kier molecular flexibility index (Phi) is 4.85. The Hall–Kier alpha value is -2.34. The van der Waals surface area contributed by atoms with Gasteiger partial charge in [0.2, 0.25) is 0 Å². The molecule has 0 aliphatic carbocycles. The van der Waals surface area contributed by atoms with Crippen LogP contribution >= 0.6 is 0 Å². The van der Waals surface area contributed by atoms with Crippen molar-refractivity contribution in [3.8, 4) is 5.75 Å². The zero-order chi connectivity index (χ0) is 17.1. The number of benzene rings is 1. The van der Waals surface area contributed by atoms with Crippen molar-refractivity contribution < 1.29 is 19.1 Å². The molecule has 0 N–H and O–H groups in total. The van der Waals surface area contributed by atoms with E-state index in [1.807, 2.05) is 17.0 Å². The van der Waals surface area contributed by atoms with E-state index in [0.717, 1.165) is 37.2 Å². The van der Waals surface area contributed by atoms with Gasteiger partial charge in [0.05, 0.1) is 25.8 Å². The molecule has 0 bridgehead atoms. The second-order valence-electron chi connectivity index (χ2n) is 5.90. The van der Waals surface area contributed by atoms with Crippen LogP contribution in [-0.4, -0.2) is 62.1 Å². The Balaban J connectivity index is 2.00. The molecule has 1 aromatic rings. The summed E-state index contributed by atoms with van der Waals surface area (Å²) < 4.78 is 10.2. The van der Waals surface area contributed by atoms with Gasteiger partial charge in [-0.25, -0.2) is 0 Å². The highest BCUT2D eigenvalue weighted by Crippen LogP contribution is 2.33. The standard InChI is InChI=1S/C18H22N2O4/c1-23-12-11-20-17(21)15(13-5-7-14(24-2)8-6-13)16(18(20)22)19-9-3-4-10-19/h5-8H,3-4,9-12H2,1-2H3. The van der Waals surface area contributed by atoms with Gasteiger partial charge >= 0.3 is 0 Å². The van der Waals surface area contributed by atoms with Crippen molar-refractivity contribution in [1.82, 2.24) is 9.80 Å². The zero-order valence-corrected chi connectivity index (χ0v) is 14.1. The summed E-state index contributed by atoms with van der Waals surface area (Å²) in [5.41, 5.74) is 1.76. The molecule has 1 saturated heterocycles. The summed E-state index contributed by atoms with van der Waals surface area (Å²) in [7, 11) is 3.16. The number of carbonyl (C=O) groups is 2. The average Bonchev–Trinajstić information content (AvgIpc) is 3.20. The molecular weight excluding hydrogens is 308 g/mol. The molecule has 24 heavy (non-hydrogen) atoms. The number of imide groups is 1. The third kappa shape index (κ3) is 2.89. The fourth-order valence-electron chi connectivity index (χ4n) is 3.20. The van der Waals surface area contributed by atoms with Gasteiger partial charge in [0, 0.05) is 20.2 Å². The third-order valence-corrected chi connectivity index (χ3v) is 4.46. The Morgan fingerprint density at radius 2 is 1.67 bits per heavy atom. The zero-order valence-electron chi connectivity index (χ0n) is 14.1. The SMILES string of the molecule is COCCN1C(=O)C(c2ccc(OC)cc2)=C(N2CCCC2)C1=O. The van der Waals surface area contributed by atoms with Gasteiger partial charge in [0.25, 0.3) is 11.8 Å². The number of ether oxygens (including phenoxy) is 2. The first-order chi connectivity index (χ1) is 11.7. The Morgan fingerprint density at radius 3 is 2.25 bits per heavy atom. The molecule has 2 heterocycles. The highest BCUT2D eigenvalue weighted by atomic mass is 16.5. The number of methoxy groups -OCH3 is 2. The van der Waals surface area contributed by atoms with Crippen LogP contribution in [0.1, 0.15) is 18.4 Å². The highest BCUT2D eigenvalue weighted by Gasteiger charge is 2.41. The molecule has 2 amide bonds. The summed E-state index contributed by atoms with van der Waals surface area (Å²) >= 11 is 0. The van der Waals surface area contributed by atoms with E-state index in [9.17, 15) is 9.59 Å². The molecule has 0 unspecified atom stereocenters. The van der Waals surface area contributed by atoms with Crippen molar-refractivity contribution in [1.29, 1.82) is 0 Å². The smallest absolute Gasteiger partial charge is 0.277 e. The summed E-state index contributed by atoms with van der Waals surface area (Å²) in [5, 5.41) is 0. The van der Waals surface area contributed by atoms with E-state index in [2.05, 4.69) is 0 Å². The normalized spacial score (nSPS) is 18.1. The van der Waals surface area contributed by atoms with Crippen molar-refractivity contribution >= 4 is 17.4 Å². The first kappa shape index (κ1) is 16.5. The number of carbonyl (C=O) groups excluding carboxylic acids is 2. The largest absolute Gasteiger partial charge is 0.497 e. The first-order valence-electron chi connectivity index (χ1n) is 8.16. The Morgan fingerprint density at radius 1 is 1.00 bits per heavy atom. The number of hydrogen-bond donors (Lipinski definition) is 0. The van der Waals surface area contributed by atoms with Gasteiger partial charge in [-0.15, -0.1) is 0 Å². The lowest BCUT2D eigenvalue weighted by Gasteiger charge is -2.20. The van der Waals surface area contributed by atoms with E-state index < -0.39 is 0 Å². The second kappa shape index (κ2) is 7.05. The van der Waals surface area contributed by atoms with Gasteiger partial charge < -0.3 is 14.4 Å². The van der Waals surface area contributed by atoms with E-state index in [4.69, 9.17) is 9.47 Å². The van der Waals surface area contributed by atoms with Crippen molar-refractivity contribution in [3.63, 3.8) is 0 Å². The lowest BCUT2D eigenvalue weighted by atomic mass is 10.0. The van der Waals surface area contributed by atoms with Gasteiger partial charge in [-0.3, -0.25) is 14.5 Å². The Bertz CT molecular complexity index is 660. The molecule has 6 heteroatoms. The number of nitrogens with zero attached hydrogens (tertiary/aromatic N) is 2. The van der Waals surface area contributed by atoms with Gasteiger partial charge in [0.1, 0.15) is 11.4 Å². The van der Waals surface area contributed by atoms with Gasteiger partial charge in [-0.2, -0.15) is 0 Å². The van der Waals surface area contributed by atoms with Crippen LogP contribution in [0.15, 0.2) is 30.0 Å². The Labute approximate surface area is 141 Å². The monoisotopic (exact) mass is 330 g/mol. The minimum Gasteiger partial charge on any atom is -0.497 e. The molecule has 0 aromatic heterocycles. The van der Waals surface area contributed by atoms with Gasteiger partial charge in [-0.05, 0) is 30.5 Å². The minimum absolute atomic E-state index is 0.218. The number of likely N-dealkylation sites (tertiary alicyclic amines) is 1. The highest BCUT2D eigenvalue weighted by molar-refractivity contribution is 6.35. The van der Waals surface area contributed by atoms with Crippen LogP contribution in [-0.2, 0) is 14.3 Å². The lowest BCUT2D eigenvalue weighted by molar-refractivity contribution is -0.138. The molecule has 6 nitrogen and oxygen atoms in total. The summed E-state index contributed by atoms with van der Waals surface area (Å²) in [6.07, 6.45) is 2.08. The summed E-state index contributed by atoms with van der Waals surface area (Å²) in [4.78, 5) is 29.0. The van der Waals surface area contributed by atoms with E-state index in [1.54, 1.807) is 26.4 Å². The fraction of sp³-hybridized carbons (Fsp3) is 0.444. The number of rotatable bonds is 6. The summed E-state index contributed by atoms with van der Waals surface area (Å²) in [5.74, 6) is 0.254. The number of amides is 2. The van der Waals surface area contributed by atoms with Crippen LogP contribution in [0.4, 0.5) is 0 Å². The topological polar surface area (TPSA) is 59.1 Å². The van der Waals surface area contributed by atoms with Crippen LogP contribution in [0, 0.1) is 0 Å². The molecule has 3 rings (SSSR count). The quantitative estimate of drug-likeness (QED) is 0.740. The average molecular weight is 330 g/mol. The maximum Gasteiger partial charge on any atom is 0.277 e. The second-order valence-corrected chi connectivity index (χ2v) is 5.90. The maximum absolute atomic E-state index is 12.9. The molecule has 0 radical (unpaired) electrons. The molecule has 0 atom stereocenters. The van der Waals surface area contributed by atoms with Crippen LogP contribution in [0.5, 0.6) is 5.75 Å². The van der Waals surface area contributed by atoms with Gasteiger partial charge in [0.15, 0.2) is 0 Å². The molecule has 128 valence electrons. The molecule has 2 aliphatic rings. The van der Waals surface area contributed by atoms with Crippen molar-refractivity contribution in [2.24, 2.45) is 0 Å². The fourth-order valence-corrected chi connectivity index (χ4v) is 3.20. The number of hydrogen-bond acceptors (Lipinski definition) is 5. The van der Waals surface area contributed by atoms with E-state index in [0.29, 0.717) is 17.9 Å². The van der Waals surface area contributed by atoms with Crippen LogP contribution in [0.2, 0.25) is 0 Å². The molecule has 0 spiro atoms. The van der Waals surface area contributed by atoms with E-state index in [-0.39, 0.29) is 18.4 Å². The van der Waals surface area contributed by atoms with E-state index in [1.165, 1.54) is 4.90 Å². The molecule has 1 fully saturated rings. The predicted octanol–water partition coefficient (Wildman–Crippen LogP) is 1.52. The first-order valence-corrected chi connectivity index (χ1v) is 8.16. The van der Waals surface area contributed by atoms with Crippen molar-refractivity contribution in [2.45, 2.75) is 12.8 Å². The molecular formula is C18H22N2O4. The minimum atomic E-state index is -0.246. The summed E-state index contributed by atoms with van der Waals surface area (Å²) in [6, 6.07) is 7.27. The molecule has 2 aliphatic heterocycles. The lowest BCUT2D eigenvalue weighted by Crippen LogP contribution is -2.36. The van der Waals surface area contributed by atoms with Crippen LogP contribution < -0.4 is 4.74 Å². The van der Waals surface area contributed by atoms with Crippen LogP contribution in [0.25, 0.3) is 5.57 Å².